The van der Waals surface area contributed by atoms with Gasteiger partial charge in [0.05, 0.1) is 17.9 Å². The number of aromatic nitrogens is 2. The van der Waals surface area contributed by atoms with Gasteiger partial charge in [-0.1, -0.05) is 0 Å². The zero-order valence-electron chi connectivity index (χ0n) is 12.4. The van der Waals surface area contributed by atoms with E-state index in [2.05, 4.69) is 15.6 Å². The summed E-state index contributed by atoms with van der Waals surface area (Å²) in [5.41, 5.74) is 1.46. The van der Waals surface area contributed by atoms with Crippen LogP contribution in [-0.2, 0) is 17.8 Å². The third-order valence-corrected chi connectivity index (χ3v) is 4.47. The molecule has 0 bridgehead atoms. The first-order chi connectivity index (χ1) is 10.2. The van der Waals surface area contributed by atoms with E-state index in [-0.39, 0.29) is 17.7 Å². The Morgan fingerprint density at radius 3 is 2.86 bits per heavy atom. The lowest BCUT2D eigenvalue weighted by atomic mass is 9.91. The van der Waals surface area contributed by atoms with E-state index in [1.54, 1.807) is 6.33 Å². The second-order valence-corrected chi connectivity index (χ2v) is 5.92. The minimum absolute atomic E-state index is 0.00520. The number of carbonyl (C=O) groups excluding carboxylic acids is 2. The van der Waals surface area contributed by atoms with E-state index < -0.39 is 0 Å². The smallest absolute Gasteiger partial charge is 0.271 e. The van der Waals surface area contributed by atoms with Gasteiger partial charge in [-0.05, 0) is 39.0 Å². The van der Waals surface area contributed by atoms with E-state index in [4.69, 9.17) is 0 Å². The molecular formula is C15H22N4O2. The molecule has 1 atom stereocenters. The van der Waals surface area contributed by atoms with Crippen molar-refractivity contribution in [2.75, 3.05) is 6.54 Å². The number of hydrogen-bond donors (Lipinski definition) is 2. The van der Waals surface area contributed by atoms with Crippen LogP contribution in [0.1, 0.15) is 48.8 Å². The van der Waals surface area contributed by atoms with Crippen molar-refractivity contribution >= 4 is 11.8 Å². The second-order valence-electron chi connectivity index (χ2n) is 5.92. The molecule has 6 heteroatoms. The Morgan fingerprint density at radius 2 is 2.19 bits per heavy atom. The lowest BCUT2D eigenvalue weighted by molar-refractivity contribution is -0.127. The standard InChI is InChI=1S/C15H22N4O2/c1-2-16-15(21)13-12-7-6-10(8-19(12)9-17-13)14(20)18-11-4-3-5-11/h9-11H,2-8H2,1H3,(H,16,21)(H,18,20). The van der Waals surface area contributed by atoms with Gasteiger partial charge in [0.2, 0.25) is 5.91 Å². The SMILES string of the molecule is CCNC(=O)c1ncn2c1CCC(C(=O)NC1CCC1)C2. The molecule has 3 rings (SSSR count). The van der Waals surface area contributed by atoms with Crippen molar-refractivity contribution in [3.8, 4) is 0 Å². The highest BCUT2D eigenvalue weighted by atomic mass is 16.2. The van der Waals surface area contributed by atoms with Gasteiger partial charge in [0.15, 0.2) is 0 Å². The predicted octanol–water partition coefficient (Wildman–Crippen LogP) is 0.864. The molecule has 0 spiro atoms. The van der Waals surface area contributed by atoms with Gasteiger partial charge in [0.25, 0.3) is 5.91 Å². The van der Waals surface area contributed by atoms with Crippen LogP contribution in [0.3, 0.4) is 0 Å². The number of nitrogens with zero attached hydrogens (tertiary/aromatic N) is 2. The largest absolute Gasteiger partial charge is 0.353 e. The Morgan fingerprint density at radius 1 is 1.38 bits per heavy atom. The molecule has 0 radical (unpaired) electrons. The first-order valence-corrected chi connectivity index (χ1v) is 7.81. The van der Waals surface area contributed by atoms with Crippen molar-refractivity contribution in [1.82, 2.24) is 20.2 Å². The number of rotatable bonds is 4. The van der Waals surface area contributed by atoms with Gasteiger partial charge in [0.1, 0.15) is 5.69 Å². The van der Waals surface area contributed by atoms with E-state index in [0.29, 0.717) is 24.8 Å². The molecule has 1 unspecified atom stereocenters. The highest BCUT2D eigenvalue weighted by Crippen LogP contribution is 2.24. The summed E-state index contributed by atoms with van der Waals surface area (Å²) in [6.45, 7) is 3.11. The minimum atomic E-state index is -0.122. The molecule has 2 aliphatic rings. The van der Waals surface area contributed by atoms with Gasteiger partial charge in [-0.15, -0.1) is 0 Å². The summed E-state index contributed by atoms with van der Waals surface area (Å²) < 4.78 is 1.96. The van der Waals surface area contributed by atoms with Crippen LogP contribution in [0.4, 0.5) is 0 Å². The van der Waals surface area contributed by atoms with E-state index >= 15 is 0 Å². The monoisotopic (exact) mass is 290 g/mol. The van der Waals surface area contributed by atoms with E-state index in [9.17, 15) is 9.59 Å². The Bertz CT molecular complexity index is 548. The van der Waals surface area contributed by atoms with Crippen molar-refractivity contribution in [2.45, 2.75) is 51.6 Å². The Kier molecular flexibility index (Phi) is 3.94. The summed E-state index contributed by atoms with van der Waals surface area (Å²) in [7, 11) is 0. The maximum Gasteiger partial charge on any atom is 0.271 e. The molecule has 1 aliphatic heterocycles. The van der Waals surface area contributed by atoms with Gasteiger partial charge in [-0.3, -0.25) is 9.59 Å². The molecule has 1 aromatic rings. The lowest BCUT2D eigenvalue weighted by Gasteiger charge is -2.30. The number of hydrogen-bond acceptors (Lipinski definition) is 3. The van der Waals surface area contributed by atoms with Crippen LogP contribution < -0.4 is 10.6 Å². The van der Waals surface area contributed by atoms with E-state index in [0.717, 1.165) is 31.4 Å². The number of carbonyl (C=O) groups is 2. The lowest BCUT2D eigenvalue weighted by Crippen LogP contribution is -2.44. The summed E-state index contributed by atoms with van der Waals surface area (Å²) in [5, 5.41) is 5.89. The third-order valence-electron chi connectivity index (χ3n) is 4.47. The summed E-state index contributed by atoms with van der Waals surface area (Å²) in [6, 6.07) is 0.382. The number of fused-ring (bicyclic) bond motifs is 1. The topological polar surface area (TPSA) is 76.0 Å². The van der Waals surface area contributed by atoms with Crippen molar-refractivity contribution < 1.29 is 9.59 Å². The zero-order chi connectivity index (χ0) is 14.8. The van der Waals surface area contributed by atoms with Crippen LogP contribution in [0.25, 0.3) is 0 Å². The first kappa shape index (κ1) is 14.1. The van der Waals surface area contributed by atoms with Gasteiger partial charge < -0.3 is 15.2 Å². The molecule has 1 saturated carbocycles. The number of nitrogens with one attached hydrogen (secondary N) is 2. The molecule has 1 fully saturated rings. The van der Waals surface area contributed by atoms with Crippen LogP contribution in [0.2, 0.25) is 0 Å². The van der Waals surface area contributed by atoms with Crippen LogP contribution in [-0.4, -0.2) is 34.0 Å². The summed E-state index contributed by atoms with van der Waals surface area (Å²) in [5.74, 6) is 0.0246. The summed E-state index contributed by atoms with van der Waals surface area (Å²) in [4.78, 5) is 28.4. The van der Waals surface area contributed by atoms with Crippen LogP contribution in [0.5, 0.6) is 0 Å². The Balaban J connectivity index is 1.65. The molecule has 114 valence electrons. The molecule has 1 aliphatic carbocycles. The quantitative estimate of drug-likeness (QED) is 0.863. The normalized spacial score (nSPS) is 21.3. The van der Waals surface area contributed by atoms with E-state index in [1.165, 1.54) is 6.42 Å². The zero-order valence-corrected chi connectivity index (χ0v) is 12.4. The van der Waals surface area contributed by atoms with E-state index in [1.807, 2.05) is 11.5 Å². The molecular weight excluding hydrogens is 268 g/mol. The second kappa shape index (κ2) is 5.87. The molecule has 2 N–H and O–H groups in total. The molecule has 0 saturated heterocycles. The summed E-state index contributed by atoms with van der Waals surface area (Å²) in [6.07, 6.45) is 6.64. The average molecular weight is 290 g/mol. The van der Waals surface area contributed by atoms with Crippen LogP contribution >= 0.6 is 0 Å². The van der Waals surface area contributed by atoms with Crippen molar-refractivity contribution in [3.05, 3.63) is 17.7 Å². The first-order valence-electron chi connectivity index (χ1n) is 7.81. The molecule has 2 amide bonds. The fourth-order valence-corrected chi connectivity index (χ4v) is 2.99. The van der Waals surface area contributed by atoms with Crippen molar-refractivity contribution in [3.63, 3.8) is 0 Å². The molecule has 2 heterocycles. The third kappa shape index (κ3) is 2.80. The van der Waals surface area contributed by atoms with Gasteiger partial charge in [-0.25, -0.2) is 4.98 Å². The van der Waals surface area contributed by atoms with Crippen molar-refractivity contribution in [1.29, 1.82) is 0 Å². The fourth-order valence-electron chi connectivity index (χ4n) is 2.99. The molecule has 21 heavy (non-hydrogen) atoms. The Labute approximate surface area is 124 Å². The summed E-state index contributed by atoms with van der Waals surface area (Å²) >= 11 is 0. The Hall–Kier alpha value is -1.85. The average Bonchev–Trinajstić information content (AvgIpc) is 2.85. The number of imidazole rings is 1. The van der Waals surface area contributed by atoms with Crippen molar-refractivity contribution in [2.24, 2.45) is 5.92 Å². The highest BCUT2D eigenvalue weighted by Gasteiger charge is 2.30. The molecule has 0 aromatic carbocycles. The maximum absolute atomic E-state index is 12.2. The predicted molar refractivity (Wildman–Crippen MR) is 77.8 cm³/mol. The van der Waals surface area contributed by atoms with Gasteiger partial charge in [0, 0.05) is 19.1 Å². The molecule has 1 aromatic heterocycles. The highest BCUT2D eigenvalue weighted by molar-refractivity contribution is 5.93. The maximum atomic E-state index is 12.2. The fraction of sp³-hybridized carbons (Fsp3) is 0.667. The molecule has 6 nitrogen and oxygen atoms in total. The number of amides is 2. The minimum Gasteiger partial charge on any atom is -0.353 e. The van der Waals surface area contributed by atoms with Crippen LogP contribution in [0.15, 0.2) is 6.33 Å². The van der Waals surface area contributed by atoms with Gasteiger partial charge in [-0.2, -0.15) is 0 Å². The van der Waals surface area contributed by atoms with Gasteiger partial charge >= 0.3 is 0 Å². The van der Waals surface area contributed by atoms with Crippen LogP contribution in [0, 0.1) is 5.92 Å².